The molecule has 2 rings (SSSR count). The fraction of sp³-hybridized carbons (Fsp3) is 0.538. The first-order valence-corrected chi connectivity index (χ1v) is 6.45. The number of ether oxygens (including phenoxy) is 1. The second-order valence-corrected chi connectivity index (χ2v) is 4.78. The van der Waals surface area contributed by atoms with E-state index in [-0.39, 0.29) is 12.5 Å². The Morgan fingerprint density at radius 2 is 2.37 bits per heavy atom. The van der Waals surface area contributed by atoms with Crippen molar-refractivity contribution in [3.63, 3.8) is 0 Å². The minimum Gasteiger partial charge on any atom is -0.378 e. The number of hydrogen-bond acceptors (Lipinski definition) is 3. The van der Waals surface area contributed by atoms with Crippen molar-refractivity contribution >= 4 is 11.8 Å². The number of nitrogens with two attached hydrogens (primary N) is 1. The van der Waals surface area contributed by atoms with Gasteiger partial charge in [-0.15, -0.1) is 0 Å². The summed E-state index contributed by atoms with van der Waals surface area (Å²) in [6, 6.07) is 1.70. The van der Waals surface area contributed by atoms with Crippen LogP contribution in [0.2, 0.25) is 0 Å². The zero-order valence-electron chi connectivity index (χ0n) is 11.0. The summed E-state index contributed by atoms with van der Waals surface area (Å²) in [6.07, 6.45) is 3.65. The second-order valence-electron chi connectivity index (χ2n) is 4.78. The van der Waals surface area contributed by atoms with Gasteiger partial charge in [0.15, 0.2) is 0 Å². The molecule has 104 valence electrons. The van der Waals surface area contributed by atoms with E-state index in [9.17, 15) is 9.59 Å². The number of amides is 2. The lowest BCUT2D eigenvalue weighted by molar-refractivity contribution is -0.129. The van der Waals surface area contributed by atoms with Crippen LogP contribution in [0.1, 0.15) is 35.8 Å². The lowest BCUT2D eigenvalue weighted by atomic mass is 9.91. The van der Waals surface area contributed by atoms with E-state index in [1.807, 2.05) is 6.92 Å². The van der Waals surface area contributed by atoms with Crippen LogP contribution in [-0.4, -0.2) is 35.6 Å². The highest BCUT2D eigenvalue weighted by atomic mass is 16.5. The maximum absolute atomic E-state index is 12.3. The van der Waals surface area contributed by atoms with Crippen LogP contribution < -0.4 is 11.1 Å². The van der Waals surface area contributed by atoms with Gasteiger partial charge < -0.3 is 20.8 Å². The molecule has 1 atom stereocenters. The van der Waals surface area contributed by atoms with Gasteiger partial charge in [0.1, 0.15) is 5.54 Å². The summed E-state index contributed by atoms with van der Waals surface area (Å²) in [7, 11) is 0. The third-order valence-corrected chi connectivity index (χ3v) is 3.50. The topological polar surface area (TPSA) is 97.2 Å². The Labute approximate surface area is 111 Å². The van der Waals surface area contributed by atoms with Crippen molar-refractivity contribution < 1.29 is 14.3 Å². The van der Waals surface area contributed by atoms with Crippen LogP contribution in [0.3, 0.4) is 0 Å². The number of carbonyl (C=O) groups excluding carboxylic acids is 2. The van der Waals surface area contributed by atoms with Gasteiger partial charge in [-0.3, -0.25) is 9.59 Å². The average Bonchev–Trinajstić information content (AvgIpc) is 2.88. The molecule has 1 aliphatic rings. The van der Waals surface area contributed by atoms with Gasteiger partial charge in [-0.1, -0.05) is 6.92 Å². The molecule has 0 spiro atoms. The molecule has 0 bridgehead atoms. The number of aromatic amines is 1. The van der Waals surface area contributed by atoms with E-state index in [1.54, 1.807) is 12.3 Å². The molecule has 0 aliphatic carbocycles. The van der Waals surface area contributed by atoms with Crippen LogP contribution in [0.25, 0.3) is 0 Å². The second kappa shape index (κ2) is 5.44. The maximum Gasteiger partial charge on any atom is 0.254 e. The standard InChI is InChI=1S/C13H19N3O3/c1-2-10-9(4-6-15-10)11(17)16-13(12(14)18)5-3-7-19-8-13/h4,6,15H,2-3,5,7-8H2,1H3,(H2,14,18)(H,16,17). The van der Waals surface area contributed by atoms with Crippen molar-refractivity contribution in [2.45, 2.75) is 31.7 Å². The van der Waals surface area contributed by atoms with E-state index in [0.29, 0.717) is 25.0 Å². The van der Waals surface area contributed by atoms with Crippen LogP contribution in [0.5, 0.6) is 0 Å². The van der Waals surface area contributed by atoms with Crippen LogP contribution in [0.4, 0.5) is 0 Å². The van der Waals surface area contributed by atoms with E-state index in [4.69, 9.17) is 10.5 Å². The van der Waals surface area contributed by atoms with E-state index >= 15 is 0 Å². The highest BCUT2D eigenvalue weighted by molar-refractivity contribution is 5.99. The largest absolute Gasteiger partial charge is 0.378 e. The Morgan fingerprint density at radius 3 is 2.95 bits per heavy atom. The first-order chi connectivity index (χ1) is 9.09. The zero-order chi connectivity index (χ0) is 13.9. The Kier molecular flexibility index (Phi) is 3.90. The number of rotatable bonds is 4. The van der Waals surface area contributed by atoms with Crippen molar-refractivity contribution in [3.05, 3.63) is 23.5 Å². The molecule has 1 aliphatic heterocycles. The molecule has 1 aromatic rings. The number of nitrogens with one attached hydrogen (secondary N) is 2. The molecule has 6 nitrogen and oxygen atoms in total. The summed E-state index contributed by atoms with van der Waals surface area (Å²) < 4.78 is 5.30. The van der Waals surface area contributed by atoms with Crippen molar-refractivity contribution in [3.8, 4) is 0 Å². The fourth-order valence-electron chi connectivity index (χ4n) is 2.34. The maximum atomic E-state index is 12.3. The molecular formula is C13H19N3O3. The molecule has 2 heterocycles. The smallest absolute Gasteiger partial charge is 0.254 e. The van der Waals surface area contributed by atoms with Gasteiger partial charge in [0, 0.05) is 18.5 Å². The summed E-state index contributed by atoms with van der Waals surface area (Å²) >= 11 is 0. The average molecular weight is 265 g/mol. The Bertz CT molecular complexity index is 475. The first-order valence-electron chi connectivity index (χ1n) is 6.45. The predicted octanol–water partition coefficient (Wildman–Crippen LogP) is 0.341. The Hall–Kier alpha value is -1.82. The van der Waals surface area contributed by atoms with Crippen LogP contribution in [0.15, 0.2) is 12.3 Å². The number of carbonyl (C=O) groups is 2. The predicted molar refractivity (Wildman–Crippen MR) is 69.6 cm³/mol. The molecule has 1 unspecified atom stereocenters. The monoisotopic (exact) mass is 265 g/mol. The lowest BCUT2D eigenvalue weighted by Gasteiger charge is -2.34. The van der Waals surface area contributed by atoms with Gasteiger partial charge in [-0.25, -0.2) is 0 Å². The van der Waals surface area contributed by atoms with Crippen molar-refractivity contribution in [1.29, 1.82) is 0 Å². The van der Waals surface area contributed by atoms with Crippen LogP contribution in [0, 0.1) is 0 Å². The lowest BCUT2D eigenvalue weighted by Crippen LogP contribution is -2.62. The molecule has 4 N–H and O–H groups in total. The molecule has 1 saturated heterocycles. The van der Waals surface area contributed by atoms with E-state index in [0.717, 1.165) is 12.1 Å². The number of aryl methyl sites for hydroxylation is 1. The quantitative estimate of drug-likeness (QED) is 0.732. The molecule has 2 amide bonds. The third-order valence-electron chi connectivity index (χ3n) is 3.50. The van der Waals surface area contributed by atoms with E-state index in [2.05, 4.69) is 10.3 Å². The fourth-order valence-corrected chi connectivity index (χ4v) is 2.34. The van der Waals surface area contributed by atoms with E-state index in [1.165, 1.54) is 0 Å². The molecule has 1 aromatic heterocycles. The number of aromatic nitrogens is 1. The van der Waals surface area contributed by atoms with Gasteiger partial charge in [0.2, 0.25) is 5.91 Å². The number of primary amides is 1. The summed E-state index contributed by atoms with van der Waals surface area (Å²) in [5.41, 5.74) is 5.74. The first kappa shape index (κ1) is 13.6. The SMILES string of the molecule is CCc1[nH]ccc1C(=O)NC1(C(N)=O)CCCOC1. The zero-order valence-corrected chi connectivity index (χ0v) is 11.0. The number of hydrogen-bond donors (Lipinski definition) is 3. The summed E-state index contributed by atoms with van der Waals surface area (Å²) in [5, 5.41) is 2.75. The molecule has 0 saturated carbocycles. The molecular weight excluding hydrogens is 246 g/mol. The van der Waals surface area contributed by atoms with Gasteiger partial charge in [-0.2, -0.15) is 0 Å². The normalized spacial score (nSPS) is 23.0. The van der Waals surface area contributed by atoms with Crippen LogP contribution in [-0.2, 0) is 16.0 Å². The number of H-pyrrole nitrogens is 1. The van der Waals surface area contributed by atoms with E-state index < -0.39 is 11.4 Å². The van der Waals surface area contributed by atoms with Gasteiger partial charge in [-0.05, 0) is 25.3 Å². The van der Waals surface area contributed by atoms with Crippen molar-refractivity contribution in [1.82, 2.24) is 10.3 Å². The van der Waals surface area contributed by atoms with Gasteiger partial charge >= 0.3 is 0 Å². The van der Waals surface area contributed by atoms with Crippen molar-refractivity contribution in [2.75, 3.05) is 13.2 Å². The minimum absolute atomic E-state index is 0.139. The summed E-state index contributed by atoms with van der Waals surface area (Å²) in [5.74, 6) is -0.837. The minimum atomic E-state index is -1.09. The Balaban J connectivity index is 2.18. The third kappa shape index (κ3) is 2.63. The molecule has 0 radical (unpaired) electrons. The molecule has 0 aromatic carbocycles. The highest BCUT2D eigenvalue weighted by Crippen LogP contribution is 2.20. The van der Waals surface area contributed by atoms with Crippen LogP contribution >= 0.6 is 0 Å². The van der Waals surface area contributed by atoms with Gasteiger partial charge in [0.05, 0.1) is 12.2 Å². The van der Waals surface area contributed by atoms with Crippen molar-refractivity contribution in [2.24, 2.45) is 5.73 Å². The highest BCUT2D eigenvalue weighted by Gasteiger charge is 2.40. The molecule has 1 fully saturated rings. The Morgan fingerprint density at radius 1 is 1.58 bits per heavy atom. The van der Waals surface area contributed by atoms with Gasteiger partial charge in [0.25, 0.3) is 5.91 Å². The molecule has 6 heteroatoms. The summed E-state index contributed by atoms with van der Waals surface area (Å²) in [6.45, 7) is 2.69. The molecule has 19 heavy (non-hydrogen) atoms. The summed E-state index contributed by atoms with van der Waals surface area (Å²) in [4.78, 5) is 26.9.